The molecule has 1 saturated carbocycles. The maximum atomic E-state index is 12.1. The monoisotopic (exact) mass is 382 g/mol. The zero-order valence-corrected chi connectivity index (χ0v) is 13.9. The summed E-state index contributed by atoms with van der Waals surface area (Å²) in [4.78, 5) is 34.9. The van der Waals surface area contributed by atoms with Crippen LogP contribution in [0.15, 0.2) is 0 Å². The fraction of sp³-hybridized carbons (Fsp3) is 0.769. The summed E-state index contributed by atoms with van der Waals surface area (Å²) in [5, 5.41) is 19.5. The number of nitrogens with one attached hydrogen (secondary N) is 1. The molecule has 1 heterocycles. The Morgan fingerprint density at radius 1 is 1.38 bits per heavy atom. The Hall–Kier alpha value is -1.33. The second-order valence-corrected chi connectivity index (χ2v) is 8.96. The van der Waals surface area contributed by atoms with Crippen LogP contribution >= 0.6 is 11.8 Å². The molecule has 11 heteroatoms. The number of carboxylic acids is 2. The molecule has 9 nitrogen and oxygen atoms in total. The van der Waals surface area contributed by atoms with E-state index >= 15 is 0 Å². The predicted octanol–water partition coefficient (Wildman–Crippen LogP) is -1.23. The minimum atomic E-state index is -3.91. The van der Waals surface area contributed by atoms with Crippen LogP contribution in [0.2, 0.25) is 0 Å². The predicted molar refractivity (Wildman–Crippen MR) is 88.4 cm³/mol. The second kappa shape index (κ2) is 6.89. The van der Waals surface area contributed by atoms with E-state index < -0.39 is 62.1 Å². The summed E-state index contributed by atoms with van der Waals surface area (Å²) in [5.74, 6) is -6.43. The Morgan fingerprint density at radius 2 is 1.96 bits per heavy atom. The van der Waals surface area contributed by atoms with Gasteiger partial charge in [0.15, 0.2) is 15.4 Å². The third-order valence-electron chi connectivity index (χ3n) is 4.35. The summed E-state index contributed by atoms with van der Waals surface area (Å²) in [6.07, 6.45) is 2.12. The number of sulfone groups is 1. The fourth-order valence-corrected chi connectivity index (χ4v) is 6.38. The van der Waals surface area contributed by atoms with Crippen molar-refractivity contribution >= 4 is 39.4 Å². The topological polar surface area (TPSA) is 164 Å². The van der Waals surface area contributed by atoms with Crippen LogP contribution in [-0.4, -0.2) is 71.1 Å². The minimum Gasteiger partial charge on any atom is -0.481 e. The highest BCUT2D eigenvalue weighted by Crippen LogP contribution is 2.57. The summed E-state index contributed by atoms with van der Waals surface area (Å²) in [6.45, 7) is 0. The molecule has 0 aromatic carbocycles. The lowest BCUT2D eigenvalue weighted by Crippen LogP contribution is -2.61. The van der Waals surface area contributed by atoms with Crippen LogP contribution in [0.25, 0.3) is 0 Å². The van der Waals surface area contributed by atoms with Crippen molar-refractivity contribution in [1.82, 2.24) is 5.32 Å². The van der Waals surface area contributed by atoms with Gasteiger partial charge in [-0.05, 0) is 18.4 Å². The van der Waals surface area contributed by atoms with Gasteiger partial charge >= 0.3 is 11.9 Å². The normalized spacial score (nSPS) is 33.7. The van der Waals surface area contributed by atoms with Crippen LogP contribution in [0.5, 0.6) is 0 Å². The van der Waals surface area contributed by atoms with E-state index in [0.717, 1.165) is 0 Å². The molecule has 0 aromatic heterocycles. The van der Waals surface area contributed by atoms with Gasteiger partial charge in [-0.15, -0.1) is 0 Å². The molecule has 5 N–H and O–H groups in total. The van der Waals surface area contributed by atoms with Gasteiger partial charge < -0.3 is 21.3 Å². The van der Waals surface area contributed by atoms with Gasteiger partial charge in [-0.25, -0.2) is 13.2 Å². The maximum absolute atomic E-state index is 12.1. The number of hydrogen-bond acceptors (Lipinski definition) is 7. The average molecular weight is 382 g/mol. The molecule has 0 unspecified atom stereocenters. The highest BCUT2D eigenvalue weighted by atomic mass is 32.2. The number of carboxylic acid groups (broad SMARTS) is 2. The number of hydrogen-bond donors (Lipinski definition) is 4. The Labute approximate surface area is 144 Å². The molecule has 1 aliphatic heterocycles. The zero-order chi connectivity index (χ0) is 17.6. The standard InChI is InChI=1S/C12H18N2O7S2.CH4/c1-22-3-2-5(13)9(15)14-12(11(18)19)4-23(20,21)8-6(7(8)12)10(16)17;/h5-8H,2-4,13H2,1H3,(H,14,15)(H,16,17)(H,18,19);1H4/t5-,6-,7-,8+,12+;/m1./s1. The van der Waals surface area contributed by atoms with Gasteiger partial charge in [0.1, 0.15) is 0 Å². The zero-order valence-electron chi connectivity index (χ0n) is 12.3. The molecule has 0 bridgehead atoms. The molecule has 1 aliphatic carbocycles. The summed E-state index contributed by atoms with van der Waals surface area (Å²) in [5.41, 5.74) is 3.55. The quantitative estimate of drug-likeness (QED) is 0.422. The van der Waals surface area contributed by atoms with Crippen molar-refractivity contribution in [2.24, 2.45) is 17.6 Å². The molecule has 1 amide bonds. The number of aliphatic carboxylic acids is 2. The molecule has 1 saturated heterocycles. The third kappa shape index (κ3) is 3.24. The van der Waals surface area contributed by atoms with Gasteiger partial charge in [-0.1, -0.05) is 7.43 Å². The number of carbonyl (C=O) groups excluding carboxylic acids is 1. The van der Waals surface area contributed by atoms with Gasteiger partial charge in [0.25, 0.3) is 0 Å². The van der Waals surface area contributed by atoms with Gasteiger partial charge in [0, 0.05) is 5.92 Å². The summed E-state index contributed by atoms with van der Waals surface area (Å²) < 4.78 is 24.1. The Balaban J connectivity index is 0.00000288. The smallest absolute Gasteiger partial charge is 0.330 e. The van der Waals surface area contributed by atoms with E-state index in [4.69, 9.17) is 10.8 Å². The molecule has 2 rings (SSSR count). The number of amides is 1. The molecule has 0 aromatic rings. The Kier molecular flexibility index (Phi) is 5.94. The number of fused-ring (bicyclic) bond motifs is 1. The van der Waals surface area contributed by atoms with Crippen molar-refractivity contribution in [2.45, 2.75) is 30.7 Å². The fourth-order valence-electron chi connectivity index (χ4n) is 3.19. The lowest BCUT2D eigenvalue weighted by Gasteiger charge is -2.28. The van der Waals surface area contributed by atoms with Gasteiger partial charge in [-0.3, -0.25) is 9.59 Å². The van der Waals surface area contributed by atoms with Crippen molar-refractivity contribution in [2.75, 3.05) is 17.8 Å². The first kappa shape index (κ1) is 20.7. The number of nitrogens with two attached hydrogens (primary N) is 1. The number of thioether (sulfide) groups is 1. The summed E-state index contributed by atoms with van der Waals surface area (Å²) in [6, 6.07) is -0.984. The van der Waals surface area contributed by atoms with E-state index in [9.17, 15) is 27.9 Å². The van der Waals surface area contributed by atoms with Crippen LogP contribution in [0.1, 0.15) is 13.8 Å². The van der Waals surface area contributed by atoms with Crippen LogP contribution in [0, 0.1) is 11.8 Å². The molecule has 2 fully saturated rings. The third-order valence-corrected chi connectivity index (χ3v) is 7.27. The lowest BCUT2D eigenvalue weighted by molar-refractivity contribution is -0.148. The van der Waals surface area contributed by atoms with E-state index in [1.54, 1.807) is 0 Å². The SMILES string of the molecule is C.CSCC[C@@H](N)C(=O)N[C@@]1(C(=O)O)CS(=O)(=O)[C@H]2[C@H](C(=O)O)[C@H]21. The molecule has 5 atom stereocenters. The Bertz CT molecular complexity index is 651. The van der Waals surface area contributed by atoms with E-state index in [1.807, 2.05) is 6.26 Å². The van der Waals surface area contributed by atoms with Crippen molar-refractivity contribution in [3.63, 3.8) is 0 Å². The van der Waals surface area contributed by atoms with Gasteiger partial charge in [0.05, 0.1) is 23.0 Å². The highest BCUT2D eigenvalue weighted by molar-refractivity contribution is 7.98. The average Bonchev–Trinajstić information content (AvgIpc) is 3.15. The molecule has 24 heavy (non-hydrogen) atoms. The molecule has 138 valence electrons. The van der Waals surface area contributed by atoms with Crippen LogP contribution in [0.4, 0.5) is 0 Å². The molecular weight excluding hydrogens is 360 g/mol. The lowest BCUT2D eigenvalue weighted by atomic mass is 9.93. The Morgan fingerprint density at radius 3 is 2.38 bits per heavy atom. The largest absolute Gasteiger partial charge is 0.481 e. The van der Waals surface area contributed by atoms with E-state index in [-0.39, 0.29) is 7.43 Å². The molecule has 0 spiro atoms. The van der Waals surface area contributed by atoms with Crippen molar-refractivity contribution in [3.8, 4) is 0 Å². The van der Waals surface area contributed by atoms with Gasteiger partial charge in [-0.2, -0.15) is 11.8 Å². The maximum Gasteiger partial charge on any atom is 0.330 e. The van der Waals surface area contributed by atoms with Crippen LogP contribution in [0.3, 0.4) is 0 Å². The van der Waals surface area contributed by atoms with Crippen LogP contribution < -0.4 is 11.1 Å². The first-order chi connectivity index (χ1) is 10.6. The summed E-state index contributed by atoms with van der Waals surface area (Å²) in [7, 11) is -3.91. The van der Waals surface area contributed by atoms with E-state index in [2.05, 4.69) is 5.32 Å². The van der Waals surface area contributed by atoms with Crippen molar-refractivity contribution in [1.29, 1.82) is 0 Å². The highest BCUT2D eigenvalue weighted by Gasteiger charge is 2.79. The van der Waals surface area contributed by atoms with Gasteiger partial charge in [0.2, 0.25) is 5.91 Å². The summed E-state index contributed by atoms with van der Waals surface area (Å²) >= 11 is 1.46. The first-order valence-electron chi connectivity index (χ1n) is 6.83. The van der Waals surface area contributed by atoms with Crippen molar-refractivity contribution < 1.29 is 33.0 Å². The molecular formula is C13H22N2O7S2. The van der Waals surface area contributed by atoms with E-state index in [1.165, 1.54) is 11.8 Å². The minimum absolute atomic E-state index is 0. The van der Waals surface area contributed by atoms with Crippen molar-refractivity contribution in [3.05, 3.63) is 0 Å². The van der Waals surface area contributed by atoms with Crippen LogP contribution in [-0.2, 0) is 24.2 Å². The number of rotatable bonds is 7. The second-order valence-electron chi connectivity index (χ2n) is 5.82. The molecule has 2 aliphatic rings. The van der Waals surface area contributed by atoms with E-state index in [0.29, 0.717) is 12.2 Å². The molecule has 0 radical (unpaired) electrons. The first-order valence-corrected chi connectivity index (χ1v) is 9.93. The number of carbonyl (C=O) groups is 3.